The molecule has 0 aromatic heterocycles. The van der Waals surface area contributed by atoms with Crippen LogP contribution in [0, 0.1) is 26.2 Å². The second-order valence-corrected chi connectivity index (χ2v) is 3.87. The minimum atomic E-state index is 0.0685. The molecular weight excluding hydrogens is 200 g/mol. The van der Waals surface area contributed by atoms with Crippen LogP contribution >= 0.6 is 0 Å². The van der Waals surface area contributed by atoms with Crippen LogP contribution in [-0.2, 0) is 6.61 Å². The van der Waals surface area contributed by atoms with Crippen LogP contribution in [0.25, 0.3) is 0 Å². The Balaban J connectivity index is 2.69. The van der Waals surface area contributed by atoms with E-state index in [-0.39, 0.29) is 6.61 Å². The number of aliphatic hydroxyl groups excluding tert-OH is 1. The van der Waals surface area contributed by atoms with E-state index in [0.29, 0.717) is 6.61 Å². The predicted octanol–water partition coefficient (Wildman–Crippen LogP) is 2.59. The first kappa shape index (κ1) is 12.6. The smallest absolute Gasteiger partial charge is 0.125 e. The van der Waals surface area contributed by atoms with Crippen LogP contribution in [0.1, 0.15) is 29.5 Å². The largest absolute Gasteiger partial charge is 0.493 e. The maximum atomic E-state index is 9.06. The first-order valence-corrected chi connectivity index (χ1v) is 5.46. The van der Waals surface area contributed by atoms with Crippen molar-refractivity contribution in [1.29, 1.82) is 0 Å². The van der Waals surface area contributed by atoms with Crippen molar-refractivity contribution in [3.05, 3.63) is 28.8 Å². The summed E-state index contributed by atoms with van der Waals surface area (Å²) in [7, 11) is 0. The normalized spacial score (nSPS) is 9.88. The summed E-state index contributed by atoms with van der Waals surface area (Å²) in [5, 5.41) is 9.06. The van der Waals surface area contributed by atoms with E-state index in [4.69, 9.17) is 16.3 Å². The van der Waals surface area contributed by atoms with Crippen LogP contribution in [-0.4, -0.2) is 11.7 Å². The lowest BCUT2D eigenvalue weighted by Gasteiger charge is -2.13. The van der Waals surface area contributed by atoms with Gasteiger partial charge in [0.25, 0.3) is 0 Å². The number of benzene rings is 1. The van der Waals surface area contributed by atoms with Gasteiger partial charge >= 0.3 is 0 Å². The average Bonchev–Trinajstić information content (AvgIpc) is 2.26. The van der Waals surface area contributed by atoms with Crippen LogP contribution in [0.4, 0.5) is 0 Å². The Bertz CT molecular complexity index is 365. The first-order valence-electron chi connectivity index (χ1n) is 5.46. The Morgan fingerprint density at radius 3 is 2.44 bits per heavy atom. The van der Waals surface area contributed by atoms with Gasteiger partial charge in [-0.3, -0.25) is 0 Å². The van der Waals surface area contributed by atoms with E-state index in [1.54, 1.807) is 0 Å². The Labute approximate surface area is 97.3 Å². The second kappa shape index (κ2) is 6.19. The second-order valence-electron chi connectivity index (χ2n) is 3.87. The van der Waals surface area contributed by atoms with Gasteiger partial charge in [-0.25, -0.2) is 0 Å². The number of hydrogen-bond acceptors (Lipinski definition) is 2. The van der Waals surface area contributed by atoms with Gasteiger partial charge in [-0.2, -0.15) is 0 Å². The maximum absolute atomic E-state index is 9.06. The highest BCUT2D eigenvalue weighted by Gasteiger charge is 2.05. The standard InChI is InChI=1S/C14H18O2/c1-4-5-6-7-16-14-11(2)8-13(10-15)9-12(14)3/h1,8-9,15H,5-7,10H2,2-3H3. The van der Waals surface area contributed by atoms with Gasteiger partial charge in [-0.1, -0.05) is 12.1 Å². The van der Waals surface area contributed by atoms with Crippen molar-refractivity contribution >= 4 is 0 Å². The molecule has 0 heterocycles. The highest BCUT2D eigenvalue weighted by Crippen LogP contribution is 2.25. The van der Waals surface area contributed by atoms with Gasteiger partial charge in [-0.15, -0.1) is 12.3 Å². The summed E-state index contributed by atoms with van der Waals surface area (Å²) in [4.78, 5) is 0. The van der Waals surface area contributed by atoms with E-state index in [9.17, 15) is 0 Å². The molecule has 0 unspecified atom stereocenters. The molecule has 2 heteroatoms. The van der Waals surface area contributed by atoms with Crippen molar-refractivity contribution in [1.82, 2.24) is 0 Å². The van der Waals surface area contributed by atoms with Crippen LogP contribution in [0.3, 0.4) is 0 Å². The van der Waals surface area contributed by atoms with Crippen molar-refractivity contribution in [3.8, 4) is 18.1 Å². The van der Waals surface area contributed by atoms with Crippen molar-refractivity contribution in [2.45, 2.75) is 33.3 Å². The third-order valence-electron chi connectivity index (χ3n) is 2.41. The highest BCUT2D eigenvalue weighted by atomic mass is 16.5. The van der Waals surface area contributed by atoms with Gasteiger partial charge in [0.1, 0.15) is 5.75 Å². The summed E-state index contributed by atoms with van der Waals surface area (Å²) >= 11 is 0. The molecule has 1 aromatic rings. The number of aliphatic hydroxyl groups is 1. The summed E-state index contributed by atoms with van der Waals surface area (Å²) in [6.45, 7) is 4.69. The van der Waals surface area contributed by atoms with Crippen molar-refractivity contribution in [2.24, 2.45) is 0 Å². The molecule has 0 radical (unpaired) electrons. The summed E-state index contributed by atoms with van der Waals surface area (Å²) < 4.78 is 5.69. The molecule has 0 aliphatic rings. The summed E-state index contributed by atoms with van der Waals surface area (Å²) in [6.07, 6.45) is 6.79. The highest BCUT2D eigenvalue weighted by molar-refractivity contribution is 5.43. The van der Waals surface area contributed by atoms with Gasteiger partial charge in [0.05, 0.1) is 13.2 Å². The topological polar surface area (TPSA) is 29.5 Å². The molecule has 1 rings (SSSR count). The Kier molecular flexibility index (Phi) is 4.88. The number of aryl methyl sites for hydroxylation is 2. The van der Waals surface area contributed by atoms with E-state index in [1.807, 2.05) is 26.0 Å². The minimum Gasteiger partial charge on any atom is -0.493 e. The lowest BCUT2D eigenvalue weighted by molar-refractivity contribution is 0.280. The average molecular weight is 218 g/mol. The van der Waals surface area contributed by atoms with Gasteiger partial charge in [0, 0.05) is 6.42 Å². The van der Waals surface area contributed by atoms with Gasteiger partial charge in [-0.05, 0) is 37.0 Å². The maximum Gasteiger partial charge on any atom is 0.125 e. The van der Waals surface area contributed by atoms with Crippen LogP contribution in [0.2, 0.25) is 0 Å². The SMILES string of the molecule is C#CCCCOc1c(C)cc(CO)cc1C. The molecular formula is C14H18O2. The van der Waals surface area contributed by atoms with E-state index in [2.05, 4.69) is 5.92 Å². The molecule has 0 bridgehead atoms. The molecule has 0 fully saturated rings. The van der Waals surface area contributed by atoms with Crippen molar-refractivity contribution in [2.75, 3.05) is 6.61 Å². The van der Waals surface area contributed by atoms with E-state index < -0.39 is 0 Å². The molecule has 16 heavy (non-hydrogen) atoms. The monoisotopic (exact) mass is 218 g/mol. The molecule has 0 spiro atoms. The van der Waals surface area contributed by atoms with Gasteiger partial charge < -0.3 is 9.84 Å². The van der Waals surface area contributed by atoms with Crippen LogP contribution in [0.15, 0.2) is 12.1 Å². The van der Waals surface area contributed by atoms with E-state index in [0.717, 1.165) is 35.3 Å². The zero-order valence-electron chi connectivity index (χ0n) is 9.92. The fourth-order valence-electron chi connectivity index (χ4n) is 1.71. The number of hydrogen-bond donors (Lipinski definition) is 1. The summed E-state index contributed by atoms with van der Waals surface area (Å²) in [6, 6.07) is 3.90. The predicted molar refractivity (Wildman–Crippen MR) is 65.4 cm³/mol. The number of terminal acetylenes is 1. The number of unbranched alkanes of at least 4 members (excludes halogenated alkanes) is 1. The van der Waals surface area contributed by atoms with Gasteiger partial charge in [0.15, 0.2) is 0 Å². The molecule has 0 aliphatic carbocycles. The quantitative estimate of drug-likeness (QED) is 0.608. The molecule has 1 N–H and O–H groups in total. The first-order chi connectivity index (χ1) is 7.69. The third-order valence-corrected chi connectivity index (χ3v) is 2.41. The Morgan fingerprint density at radius 2 is 1.94 bits per heavy atom. The van der Waals surface area contributed by atoms with E-state index >= 15 is 0 Å². The van der Waals surface area contributed by atoms with Crippen LogP contribution in [0.5, 0.6) is 5.75 Å². The molecule has 1 aromatic carbocycles. The molecule has 0 saturated heterocycles. The fourth-order valence-corrected chi connectivity index (χ4v) is 1.71. The van der Waals surface area contributed by atoms with Crippen LogP contribution < -0.4 is 4.74 Å². The zero-order valence-corrected chi connectivity index (χ0v) is 9.92. The molecule has 2 nitrogen and oxygen atoms in total. The molecule has 0 saturated carbocycles. The zero-order chi connectivity index (χ0) is 12.0. The molecule has 0 amide bonds. The number of ether oxygens (including phenoxy) is 1. The molecule has 86 valence electrons. The minimum absolute atomic E-state index is 0.0685. The van der Waals surface area contributed by atoms with Gasteiger partial charge in [0.2, 0.25) is 0 Å². The Hall–Kier alpha value is -1.46. The van der Waals surface area contributed by atoms with Crippen molar-refractivity contribution in [3.63, 3.8) is 0 Å². The van der Waals surface area contributed by atoms with Crippen molar-refractivity contribution < 1.29 is 9.84 Å². The molecule has 0 aliphatic heterocycles. The lowest BCUT2D eigenvalue weighted by Crippen LogP contribution is -2.01. The Morgan fingerprint density at radius 1 is 1.31 bits per heavy atom. The van der Waals surface area contributed by atoms with E-state index in [1.165, 1.54) is 0 Å². The lowest BCUT2D eigenvalue weighted by atomic mass is 10.1. The summed E-state index contributed by atoms with van der Waals surface area (Å²) in [5.74, 6) is 3.50. The summed E-state index contributed by atoms with van der Waals surface area (Å²) in [5.41, 5.74) is 3.04. The fraction of sp³-hybridized carbons (Fsp3) is 0.429. The molecule has 0 atom stereocenters. The third kappa shape index (κ3) is 3.29. The number of rotatable bonds is 5.